The Bertz CT molecular complexity index is 1070. The van der Waals surface area contributed by atoms with Gasteiger partial charge in [-0.25, -0.2) is 4.39 Å². The van der Waals surface area contributed by atoms with E-state index in [4.69, 9.17) is 4.99 Å². The maximum Gasteiger partial charge on any atom is 0.129 e. The molecule has 0 spiro atoms. The monoisotopic (exact) mass is 431 g/mol. The number of hydrogen-bond acceptors (Lipinski definition) is 3. The average Bonchev–Trinajstić information content (AvgIpc) is 3.16. The summed E-state index contributed by atoms with van der Waals surface area (Å²) >= 11 is 0. The minimum Gasteiger partial charge on any atom is -0.386 e. The van der Waals surface area contributed by atoms with Crippen LogP contribution in [0.2, 0.25) is 0 Å². The smallest absolute Gasteiger partial charge is 0.129 e. The second-order valence-electron chi connectivity index (χ2n) is 8.29. The Kier molecular flexibility index (Phi) is 7.68. The Hall–Kier alpha value is -3.14. The van der Waals surface area contributed by atoms with Crippen molar-refractivity contribution in [2.75, 3.05) is 17.7 Å². The molecule has 2 aliphatic rings. The number of dihydropyridines is 1. The van der Waals surface area contributed by atoms with Crippen LogP contribution in [0.4, 0.5) is 15.8 Å². The van der Waals surface area contributed by atoms with Gasteiger partial charge in [0.1, 0.15) is 12.0 Å². The molecule has 2 aliphatic heterocycles. The van der Waals surface area contributed by atoms with Crippen molar-refractivity contribution in [1.82, 2.24) is 0 Å². The summed E-state index contributed by atoms with van der Waals surface area (Å²) in [5, 5.41) is 6.55. The zero-order valence-electron chi connectivity index (χ0n) is 19.8. The highest BCUT2D eigenvalue weighted by Gasteiger charge is 2.37. The van der Waals surface area contributed by atoms with E-state index in [0.29, 0.717) is 0 Å². The number of fused-ring (bicyclic) bond motifs is 3. The van der Waals surface area contributed by atoms with E-state index >= 15 is 0 Å². The van der Waals surface area contributed by atoms with Gasteiger partial charge in [-0.05, 0) is 61.6 Å². The fraction of sp³-hybridized carbons (Fsp3) is 0.321. The van der Waals surface area contributed by atoms with Gasteiger partial charge in [-0.1, -0.05) is 67.5 Å². The van der Waals surface area contributed by atoms with Gasteiger partial charge in [0.15, 0.2) is 0 Å². The lowest BCUT2D eigenvalue weighted by atomic mass is 9.84. The predicted molar refractivity (Wildman–Crippen MR) is 137 cm³/mol. The molecule has 4 heteroatoms. The quantitative estimate of drug-likeness (QED) is 0.419. The Morgan fingerprint density at radius 1 is 1.28 bits per heavy atom. The molecule has 0 aromatic heterocycles. The molecule has 0 radical (unpaired) electrons. The van der Waals surface area contributed by atoms with Crippen LogP contribution in [-0.2, 0) is 0 Å². The molecule has 0 amide bonds. The predicted octanol–water partition coefficient (Wildman–Crippen LogP) is 7.46. The fourth-order valence-electron chi connectivity index (χ4n) is 4.35. The number of anilines is 2. The summed E-state index contributed by atoms with van der Waals surface area (Å²) in [4.78, 5) is 4.78. The number of nitrogens with zero attached hydrogens (tertiary/aromatic N) is 1. The third-order valence-electron chi connectivity index (χ3n) is 6.11. The largest absolute Gasteiger partial charge is 0.386 e. The zero-order chi connectivity index (χ0) is 23.3. The van der Waals surface area contributed by atoms with E-state index in [1.165, 1.54) is 17.2 Å². The third-order valence-corrected chi connectivity index (χ3v) is 6.11. The Balaban J connectivity index is 1.90. The molecule has 0 fully saturated rings. The molecule has 1 aromatic rings. The molecule has 3 nitrogen and oxygen atoms in total. The van der Waals surface area contributed by atoms with E-state index in [9.17, 15) is 4.39 Å². The lowest BCUT2D eigenvalue weighted by Crippen LogP contribution is -2.24. The normalized spacial score (nSPS) is 21.0. The van der Waals surface area contributed by atoms with Gasteiger partial charge in [-0.15, -0.1) is 0 Å². The highest BCUT2D eigenvalue weighted by Crippen LogP contribution is 2.47. The molecular formula is C28H34FN3. The van der Waals surface area contributed by atoms with Gasteiger partial charge in [0.2, 0.25) is 0 Å². The molecule has 2 atom stereocenters. The molecular weight excluding hydrogens is 397 g/mol. The first kappa shape index (κ1) is 23.5. The Labute approximate surface area is 191 Å². The maximum absolute atomic E-state index is 14.3. The second kappa shape index (κ2) is 10.4. The van der Waals surface area contributed by atoms with Crippen molar-refractivity contribution in [3.05, 3.63) is 94.4 Å². The average molecular weight is 432 g/mol. The molecule has 0 bridgehead atoms. The van der Waals surface area contributed by atoms with Crippen LogP contribution in [0.25, 0.3) is 0 Å². The number of hydrogen-bond donors (Lipinski definition) is 2. The van der Waals surface area contributed by atoms with Gasteiger partial charge in [-0.3, -0.25) is 4.99 Å². The highest BCUT2D eigenvalue weighted by atomic mass is 19.1. The summed E-state index contributed by atoms with van der Waals surface area (Å²) in [6, 6.07) is 3.16. The van der Waals surface area contributed by atoms with Crippen LogP contribution in [0.3, 0.4) is 0 Å². The van der Waals surface area contributed by atoms with E-state index in [2.05, 4.69) is 68.4 Å². The van der Waals surface area contributed by atoms with E-state index < -0.39 is 0 Å². The maximum atomic E-state index is 14.3. The number of nitrogens with one attached hydrogen (secondary N) is 2. The van der Waals surface area contributed by atoms with Gasteiger partial charge >= 0.3 is 0 Å². The molecule has 0 aliphatic carbocycles. The van der Waals surface area contributed by atoms with Crippen LogP contribution in [0.5, 0.6) is 0 Å². The summed E-state index contributed by atoms with van der Waals surface area (Å²) in [6.07, 6.45) is 16.5. The molecule has 0 saturated carbocycles. The number of halogens is 1. The Morgan fingerprint density at radius 3 is 2.72 bits per heavy atom. The van der Waals surface area contributed by atoms with Crippen molar-refractivity contribution in [3.8, 4) is 0 Å². The number of aliphatic imine (C=N–C) groups is 1. The van der Waals surface area contributed by atoms with Crippen LogP contribution in [0.1, 0.15) is 52.0 Å². The first-order valence-corrected chi connectivity index (χ1v) is 11.3. The van der Waals surface area contributed by atoms with E-state index in [-0.39, 0.29) is 17.9 Å². The fourth-order valence-corrected chi connectivity index (χ4v) is 4.35. The van der Waals surface area contributed by atoms with Crippen LogP contribution in [0.15, 0.2) is 88.0 Å². The molecule has 2 heterocycles. The van der Waals surface area contributed by atoms with E-state index in [0.717, 1.165) is 46.5 Å². The van der Waals surface area contributed by atoms with Crippen molar-refractivity contribution in [2.45, 2.75) is 52.6 Å². The number of rotatable bonds is 8. The van der Waals surface area contributed by atoms with Gasteiger partial charge < -0.3 is 10.6 Å². The van der Waals surface area contributed by atoms with E-state index in [1.807, 2.05) is 26.3 Å². The molecule has 168 valence electrons. The van der Waals surface area contributed by atoms with Gasteiger partial charge in [0.25, 0.3) is 0 Å². The number of allylic oxidation sites excluding steroid dienone is 10. The van der Waals surface area contributed by atoms with Crippen LogP contribution < -0.4 is 10.6 Å². The SMILES string of the molecule is C=C\C(=C/C=C(C)/C=C\C(=C/C)C1=C(C)C2c3cc(F)cc(NC)c3NC2N=C1)CCC. The third kappa shape index (κ3) is 4.85. The molecule has 32 heavy (non-hydrogen) atoms. The summed E-state index contributed by atoms with van der Waals surface area (Å²) in [5.41, 5.74) is 8.47. The van der Waals surface area contributed by atoms with Gasteiger partial charge in [0, 0.05) is 19.2 Å². The molecule has 2 N–H and O–H groups in total. The van der Waals surface area contributed by atoms with Crippen molar-refractivity contribution < 1.29 is 4.39 Å². The lowest BCUT2D eigenvalue weighted by Gasteiger charge is -2.25. The first-order valence-electron chi connectivity index (χ1n) is 11.3. The highest BCUT2D eigenvalue weighted by molar-refractivity contribution is 5.91. The lowest BCUT2D eigenvalue weighted by molar-refractivity contribution is 0.621. The standard InChI is InChI=1S/C28H34FN3/c1-7-10-20(8-2)13-11-18(4)12-14-21(9-3)24-17-31-28-26(19(24)5)23-15-22(29)16-25(30-6)27(23)32-28/h8-9,11-17,26,28,30,32H,2,7,10H2,1,3-6H3/b14-12-,18-11+,20-13+,21-9+. The van der Waals surface area contributed by atoms with Crippen molar-refractivity contribution >= 4 is 17.6 Å². The molecule has 2 unspecified atom stereocenters. The molecule has 3 rings (SSSR count). The minimum atomic E-state index is -0.235. The van der Waals surface area contributed by atoms with Gasteiger partial charge in [0.05, 0.1) is 11.4 Å². The minimum absolute atomic E-state index is 0.0138. The Morgan fingerprint density at radius 2 is 2.06 bits per heavy atom. The second-order valence-corrected chi connectivity index (χ2v) is 8.29. The topological polar surface area (TPSA) is 36.4 Å². The van der Waals surface area contributed by atoms with Crippen LogP contribution >= 0.6 is 0 Å². The summed E-state index contributed by atoms with van der Waals surface area (Å²) < 4.78 is 14.3. The van der Waals surface area contributed by atoms with Crippen molar-refractivity contribution in [2.24, 2.45) is 4.99 Å². The molecule has 1 aromatic carbocycles. The number of benzene rings is 1. The summed E-state index contributed by atoms with van der Waals surface area (Å²) in [5.74, 6) is -0.221. The van der Waals surface area contributed by atoms with Crippen LogP contribution in [0, 0.1) is 5.82 Å². The summed E-state index contributed by atoms with van der Waals surface area (Å²) in [6.45, 7) is 12.3. The van der Waals surface area contributed by atoms with Gasteiger partial charge in [-0.2, -0.15) is 0 Å². The van der Waals surface area contributed by atoms with Crippen LogP contribution in [-0.4, -0.2) is 19.4 Å². The summed E-state index contributed by atoms with van der Waals surface area (Å²) in [7, 11) is 1.81. The van der Waals surface area contributed by atoms with Crippen molar-refractivity contribution in [1.29, 1.82) is 0 Å². The first-order chi connectivity index (χ1) is 15.4. The van der Waals surface area contributed by atoms with Crippen molar-refractivity contribution in [3.63, 3.8) is 0 Å². The zero-order valence-corrected chi connectivity index (χ0v) is 19.8. The molecule has 0 saturated heterocycles. The van der Waals surface area contributed by atoms with E-state index in [1.54, 1.807) is 6.07 Å².